The Balaban J connectivity index is 2.46. The van der Waals surface area contributed by atoms with Crippen LogP contribution in [0.25, 0.3) is 0 Å². The van der Waals surface area contributed by atoms with E-state index in [1.807, 2.05) is 0 Å². The summed E-state index contributed by atoms with van der Waals surface area (Å²) in [6.07, 6.45) is 1.37. The molecular weight excluding hydrogens is 236 g/mol. The Morgan fingerprint density at radius 2 is 2.17 bits per heavy atom. The number of aromatic nitrogens is 2. The van der Waals surface area contributed by atoms with E-state index >= 15 is 0 Å². The molecule has 1 aromatic heterocycles. The first-order valence-corrected chi connectivity index (χ1v) is 5.46. The first kappa shape index (κ1) is 14.1. The van der Waals surface area contributed by atoms with Gasteiger partial charge >= 0.3 is 0 Å². The predicted molar refractivity (Wildman–Crippen MR) is 68.0 cm³/mol. The largest absolute Gasteiger partial charge is 0.383 e. The predicted octanol–water partition coefficient (Wildman–Crippen LogP) is -0.755. The molecule has 0 saturated heterocycles. The molecule has 0 bridgehead atoms. The highest BCUT2D eigenvalue weighted by Gasteiger charge is 2.07. The summed E-state index contributed by atoms with van der Waals surface area (Å²) < 4.78 is 4.83. The number of methoxy groups -OCH3 is 1. The van der Waals surface area contributed by atoms with Gasteiger partial charge in [0.15, 0.2) is 0 Å². The average molecular weight is 254 g/mol. The van der Waals surface area contributed by atoms with Crippen molar-refractivity contribution in [1.29, 1.82) is 0 Å². The molecule has 0 aliphatic rings. The topological polar surface area (TPSA) is 114 Å². The van der Waals surface area contributed by atoms with Crippen LogP contribution in [0.4, 0.5) is 11.6 Å². The number of ether oxygens (including phenoxy) is 1. The van der Waals surface area contributed by atoms with Gasteiger partial charge in [-0.15, -0.1) is 0 Å². The summed E-state index contributed by atoms with van der Waals surface area (Å²) in [6.45, 7) is 2.90. The molecule has 100 valence electrons. The molecule has 0 spiro atoms. The maximum atomic E-state index is 11.4. The molecular formula is C10H18N6O2. The third-order valence-electron chi connectivity index (χ3n) is 2.27. The minimum absolute atomic E-state index is 0.131. The number of nitrogens with two attached hydrogens (primary N) is 1. The number of carbonyl (C=O) groups is 1. The van der Waals surface area contributed by atoms with Crippen LogP contribution in [0.2, 0.25) is 0 Å². The molecule has 8 nitrogen and oxygen atoms in total. The van der Waals surface area contributed by atoms with E-state index in [4.69, 9.17) is 10.6 Å². The third kappa shape index (κ3) is 4.15. The zero-order valence-corrected chi connectivity index (χ0v) is 10.5. The fraction of sp³-hybridized carbons (Fsp3) is 0.500. The molecule has 0 aromatic carbocycles. The van der Waals surface area contributed by atoms with Crippen LogP contribution in [0.1, 0.15) is 5.56 Å². The number of rotatable bonds is 7. The van der Waals surface area contributed by atoms with Crippen LogP contribution in [-0.2, 0) is 9.53 Å². The number of hydrogen-bond donors (Lipinski definition) is 4. The average Bonchev–Trinajstić information content (AvgIpc) is 2.38. The molecule has 8 heteroatoms. The van der Waals surface area contributed by atoms with Crippen molar-refractivity contribution in [1.82, 2.24) is 15.3 Å². The molecule has 1 rings (SSSR count). The zero-order chi connectivity index (χ0) is 13.4. The molecule has 0 aliphatic carbocycles. The molecule has 0 fully saturated rings. The lowest BCUT2D eigenvalue weighted by Gasteiger charge is -2.10. The quantitative estimate of drug-likeness (QED) is 0.287. The molecule has 1 heterocycles. The fourth-order valence-corrected chi connectivity index (χ4v) is 1.29. The Labute approximate surface area is 105 Å². The van der Waals surface area contributed by atoms with Crippen molar-refractivity contribution < 1.29 is 9.53 Å². The fourth-order valence-electron chi connectivity index (χ4n) is 1.29. The van der Waals surface area contributed by atoms with Crippen molar-refractivity contribution >= 4 is 17.5 Å². The van der Waals surface area contributed by atoms with Crippen LogP contribution in [-0.4, -0.2) is 42.7 Å². The van der Waals surface area contributed by atoms with Crippen molar-refractivity contribution in [3.8, 4) is 0 Å². The molecule has 0 saturated carbocycles. The van der Waals surface area contributed by atoms with Crippen molar-refractivity contribution in [3.05, 3.63) is 11.9 Å². The molecule has 0 radical (unpaired) electrons. The number of hydrogen-bond acceptors (Lipinski definition) is 7. The summed E-state index contributed by atoms with van der Waals surface area (Å²) in [5, 5.41) is 5.61. The van der Waals surface area contributed by atoms with Gasteiger partial charge in [0.05, 0.1) is 13.2 Å². The van der Waals surface area contributed by atoms with Crippen LogP contribution in [0, 0.1) is 6.92 Å². The van der Waals surface area contributed by atoms with Crippen molar-refractivity contribution in [2.45, 2.75) is 6.92 Å². The standard InChI is InChI=1S/C10H18N6O2/c1-7-9(14-6-15-10(7)16-11)13-5-8(17)12-3-4-18-2/h6H,3-5,11H2,1-2H3,(H,12,17)(H2,13,14,15,16). The molecule has 0 aliphatic heterocycles. The van der Waals surface area contributed by atoms with Crippen molar-refractivity contribution in [3.63, 3.8) is 0 Å². The van der Waals surface area contributed by atoms with E-state index in [0.717, 1.165) is 5.56 Å². The van der Waals surface area contributed by atoms with Crippen LogP contribution in [0.15, 0.2) is 6.33 Å². The van der Waals surface area contributed by atoms with E-state index in [1.165, 1.54) is 6.33 Å². The van der Waals surface area contributed by atoms with Crippen molar-refractivity contribution in [2.75, 3.05) is 37.5 Å². The second-order valence-electron chi connectivity index (χ2n) is 3.54. The first-order chi connectivity index (χ1) is 8.69. The lowest BCUT2D eigenvalue weighted by atomic mass is 10.3. The molecule has 0 atom stereocenters. The van der Waals surface area contributed by atoms with Gasteiger partial charge in [-0.1, -0.05) is 0 Å². The van der Waals surface area contributed by atoms with Gasteiger partial charge in [0.1, 0.15) is 18.0 Å². The van der Waals surface area contributed by atoms with Gasteiger partial charge in [0.2, 0.25) is 5.91 Å². The van der Waals surface area contributed by atoms with E-state index in [2.05, 4.69) is 26.0 Å². The molecule has 1 aromatic rings. The number of amides is 1. The Kier molecular flexibility index (Phi) is 5.81. The van der Waals surface area contributed by atoms with Gasteiger partial charge in [-0.2, -0.15) is 0 Å². The smallest absolute Gasteiger partial charge is 0.239 e. The van der Waals surface area contributed by atoms with E-state index in [0.29, 0.717) is 24.8 Å². The second kappa shape index (κ2) is 7.41. The van der Waals surface area contributed by atoms with Crippen LogP contribution < -0.4 is 21.9 Å². The Morgan fingerprint density at radius 3 is 2.83 bits per heavy atom. The third-order valence-corrected chi connectivity index (χ3v) is 2.27. The molecule has 1 amide bonds. The highest BCUT2D eigenvalue weighted by Crippen LogP contribution is 2.16. The monoisotopic (exact) mass is 254 g/mol. The Morgan fingerprint density at radius 1 is 1.44 bits per heavy atom. The first-order valence-electron chi connectivity index (χ1n) is 5.46. The van der Waals surface area contributed by atoms with E-state index in [-0.39, 0.29) is 12.5 Å². The summed E-state index contributed by atoms with van der Waals surface area (Å²) >= 11 is 0. The number of nitrogen functional groups attached to an aromatic ring is 1. The van der Waals surface area contributed by atoms with Crippen LogP contribution >= 0.6 is 0 Å². The Bertz CT molecular complexity index is 398. The summed E-state index contributed by atoms with van der Waals surface area (Å²) in [5.41, 5.74) is 3.21. The number of nitrogens with zero attached hydrogens (tertiary/aromatic N) is 2. The van der Waals surface area contributed by atoms with Gasteiger partial charge in [-0.3, -0.25) is 4.79 Å². The van der Waals surface area contributed by atoms with Gasteiger partial charge in [-0.25, -0.2) is 15.8 Å². The number of anilines is 2. The summed E-state index contributed by atoms with van der Waals surface area (Å²) in [5.74, 6) is 6.25. The number of nitrogens with one attached hydrogen (secondary N) is 3. The maximum Gasteiger partial charge on any atom is 0.239 e. The van der Waals surface area contributed by atoms with Crippen molar-refractivity contribution in [2.24, 2.45) is 5.84 Å². The molecule has 5 N–H and O–H groups in total. The SMILES string of the molecule is COCCNC(=O)CNc1ncnc(NN)c1C. The van der Waals surface area contributed by atoms with Crippen LogP contribution in [0.3, 0.4) is 0 Å². The second-order valence-corrected chi connectivity index (χ2v) is 3.54. The number of hydrazine groups is 1. The lowest BCUT2D eigenvalue weighted by molar-refractivity contribution is -0.119. The van der Waals surface area contributed by atoms with E-state index < -0.39 is 0 Å². The zero-order valence-electron chi connectivity index (χ0n) is 10.5. The van der Waals surface area contributed by atoms with Gasteiger partial charge in [-0.05, 0) is 6.92 Å². The van der Waals surface area contributed by atoms with Gasteiger partial charge in [0.25, 0.3) is 0 Å². The van der Waals surface area contributed by atoms with E-state index in [1.54, 1.807) is 14.0 Å². The highest BCUT2D eigenvalue weighted by molar-refractivity contribution is 5.80. The summed E-state index contributed by atoms with van der Waals surface area (Å²) in [4.78, 5) is 19.4. The minimum atomic E-state index is -0.132. The van der Waals surface area contributed by atoms with Gasteiger partial charge in [0, 0.05) is 19.2 Å². The maximum absolute atomic E-state index is 11.4. The van der Waals surface area contributed by atoms with E-state index in [9.17, 15) is 4.79 Å². The lowest BCUT2D eigenvalue weighted by Crippen LogP contribution is -2.32. The highest BCUT2D eigenvalue weighted by atomic mass is 16.5. The summed E-state index contributed by atoms with van der Waals surface area (Å²) in [7, 11) is 1.58. The summed E-state index contributed by atoms with van der Waals surface area (Å²) in [6, 6.07) is 0. The van der Waals surface area contributed by atoms with Crippen LogP contribution in [0.5, 0.6) is 0 Å². The minimum Gasteiger partial charge on any atom is -0.383 e. The molecule has 18 heavy (non-hydrogen) atoms. The van der Waals surface area contributed by atoms with Gasteiger partial charge < -0.3 is 20.8 Å². The Hall–Kier alpha value is -1.93. The normalized spacial score (nSPS) is 9.94. The molecule has 0 unspecified atom stereocenters. The number of carbonyl (C=O) groups excluding carboxylic acids is 1.